The van der Waals surface area contributed by atoms with Gasteiger partial charge in [0, 0.05) is 8.84 Å². The van der Waals surface area contributed by atoms with E-state index < -0.39 is 3.68 Å². The molecule has 0 fully saturated rings. The molecule has 0 unspecified atom stereocenters. The lowest BCUT2D eigenvalue weighted by molar-refractivity contribution is 0.797. The van der Waals surface area contributed by atoms with E-state index in [1.807, 2.05) is 6.07 Å². The lowest BCUT2D eigenvalue weighted by atomic mass is 10.3. The van der Waals surface area contributed by atoms with Gasteiger partial charge in [-0.15, -0.1) is 0 Å². The second kappa shape index (κ2) is 4.00. The summed E-state index contributed by atoms with van der Waals surface area (Å²) in [5.41, 5.74) is 0. The van der Waals surface area contributed by atoms with E-state index in [4.69, 9.17) is 11.8 Å². The Hall–Kier alpha value is 0.600. The molecule has 3 heteroatoms. The zero-order chi connectivity index (χ0) is 10.1. The molecular weight excluding hydrogens is 310 g/mol. The summed E-state index contributed by atoms with van der Waals surface area (Å²) in [6, 6.07) is 10.5. The van der Waals surface area contributed by atoms with E-state index in [9.17, 15) is 0 Å². The molecule has 1 aromatic rings. The van der Waals surface area contributed by atoms with E-state index in [1.165, 1.54) is 5.30 Å². The Kier molecular flexibility index (Phi) is 3.59. The fourth-order valence-electron chi connectivity index (χ4n) is 1.01. The van der Waals surface area contributed by atoms with Gasteiger partial charge in [0.2, 0.25) is 0 Å². The third kappa shape index (κ3) is 2.54. The molecule has 0 nitrogen and oxygen atoms in total. The number of hydrogen-bond acceptors (Lipinski definition) is 1. The van der Waals surface area contributed by atoms with Crippen LogP contribution in [0.3, 0.4) is 0 Å². The topological polar surface area (TPSA) is 0 Å². The van der Waals surface area contributed by atoms with Crippen LogP contribution in [0.4, 0.5) is 0 Å². The largest absolute Gasteiger partial charge is 0.0808 e. The van der Waals surface area contributed by atoms with Gasteiger partial charge in [0.1, 0.15) is 0 Å². The SMILES string of the molecule is CC(C)(C)[P@](=S)(I)c1ccccc1. The first-order chi connectivity index (χ1) is 5.86. The third-order valence-corrected chi connectivity index (χ3v) is 12.9. The number of halogens is 1. The highest BCUT2D eigenvalue weighted by atomic mass is 127. The highest BCUT2D eigenvalue weighted by Gasteiger charge is 2.30. The van der Waals surface area contributed by atoms with Crippen LogP contribution in [0.2, 0.25) is 0 Å². The molecule has 0 aliphatic rings. The van der Waals surface area contributed by atoms with Crippen molar-refractivity contribution >= 4 is 42.8 Å². The fraction of sp³-hybridized carbons (Fsp3) is 0.400. The van der Waals surface area contributed by atoms with Crippen LogP contribution >= 0.6 is 25.7 Å². The van der Waals surface area contributed by atoms with Gasteiger partial charge in [-0.05, 0) is 27.3 Å². The maximum absolute atomic E-state index is 5.74. The third-order valence-electron chi connectivity index (χ3n) is 1.95. The average molecular weight is 324 g/mol. The molecule has 0 N–H and O–H groups in total. The van der Waals surface area contributed by atoms with Crippen molar-refractivity contribution in [3.8, 4) is 0 Å². The molecule has 1 rings (SSSR count). The monoisotopic (exact) mass is 324 g/mol. The van der Waals surface area contributed by atoms with Gasteiger partial charge in [-0.25, -0.2) is 0 Å². The molecule has 13 heavy (non-hydrogen) atoms. The minimum absolute atomic E-state index is 0.213. The Morgan fingerprint density at radius 1 is 1.15 bits per heavy atom. The van der Waals surface area contributed by atoms with Gasteiger partial charge < -0.3 is 0 Å². The highest BCUT2D eigenvalue weighted by molar-refractivity contribution is 14.2. The summed E-state index contributed by atoms with van der Waals surface area (Å²) in [6.07, 6.45) is 0. The van der Waals surface area contributed by atoms with E-state index in [-0.39, 0.29) is 5.16 Å². The molecule has 0 aliphatic carbocycles. The molecule has 1 aromatic carbocycles. The normalized spacial score (nSPS) is 16.6. The van der Waals surface area contributed by atoms with Crippen LogP contribution in [-0.4, -0.2) is 5.16 Å². The Labute approximate surface area is 98.6 Å². The minimum Gasteiger partial charge on any atom is -0.0808 e. The van der Waals surface area contributed by atoms with Crippen LogP contribution in [0.25, 0.3) is 0 Å². The smallest absolute Gasteiger partial charge is 0.0449 e. The Morgan fingerprint density at radius 2 is 1.62 bits per heavy atom. The zero-order valence-corrected chi connectivity index (χ0v) is 12.0. The van der Waals surface area contributed by atoms with E-state index >= 15 is 0 Å². The second-order valence-electron chi connectivity index (χ2n) is 4.04. The summed E-state index contributed by atoms with van der Waals surface area (Å²) in [5.74, 6) is 0. The highest BCUT2D eigenvalue weighted by Crippen LogP contribution is 2.63. The molecule has 0 aliphatic heterocycles. The average Bonchev–Trinajstić information content (AvgIpc) is 2.04. The summed E-state index contributed by atoms with van der Waals surface area (Å²) in [5, 5.41) is 1.54. The summed E-state index contributed by atoms with van der Waals surface area (Å²) >= 11 is 8.22. The van der Waals surface area contributed by atoms with Gasteiger partial charge in [0.15, 0.2) is 0 Å². The van der Waals surface area contributed by atoms with Gasteiger partial charge in [-0.2, -0.15) is 0 Å². The van der Waals surface area contributed by atoms with E-state index in [0.717, 1.165) is 0 Å². The van der Waals surface area contributed by atoms with Gasteiger partial charge in [0.05, 0.1) is 0 Å². The molecule has 0 spiro atoms. The Morgan fingerprint density at radius 3 is 2.00 bits per heavy atom. The maximum atomic E-state index is 5.74. The molecule has 0 saturated carbocycles. The second-order valence-corrected chi connectivity index (χ2v) is 14.9. The summed E-state index contributed by atoms with van der Waals surface area (Å²) in [4.78, 5) is 0. The molecule has 0 heterocycles. The zero-order valence-electron chi connectivity index (χ0n) is 8.12. The van der Waals surface area contributed by atoms with Gasteiger partial charge in [-0.3, -0.25) is 0 Å². The maximum Gasteiger partial charge on any atom is 0.0449 e. The van der Waals surface area contributed by atoms with Crippen LogP contribution in [0.15, 0.2) is 30.3 Å². The Bertz CT molecular complexity index is 327. The number of rotatable bonds is 1. The standard InChI is InChI=1S/C10H14IPS/c1-10(2,3)12(11,13)9-7-5-4-6-8-9/h4-8H,1-3H3/t12-/m0/s1. The first-order valence-electron chi connectivity index (χ1n) is 4.21. The number of benzene rings is 1. The molecule has 0 aromatic heterocycles. The lowest BCUT2D eigenvalue weighted by Gasteiger charge is -2.30. The van der Waals surface area contributed by atoms with Crippen LogP contribution in [0.5, 0.6) is 0 Å². The van der Waals surface area contributed by atoms with Crippen LogP contribution in [-0.2, 0) is 11.8 Å². The molecule has 0 bridgehead atoms. The minimum atomic E-state index is -1.43. The van der Waals surface area contributed by atoms with Crippen LogP contribution in [0.1, 0.15) is 20.8 Å². The van der Waals surface area contributed by atoms with Crippen molar-refractivity contribution < 1.29 is 0 Å². The molecule has 72 valence electrons. The molecule has 0 saturated heterocycles. The van der Waals surface area contributed by atoms with Crippen molar-refractivity contribution in [2.45, 2.75) is 25.9 Å². The van der Waals surface area contributed by atoms with E-state index in [0.29, 0.717) is 0 Å². The fourth-order valence-corrected chi connectivity index (χ4v) is 3.67. The molecule has 0 radical (unpaired) electrons. The summed E-state index contributed by atoms with van der Waals surface area (Å²) in [6.45, 7) is 6.69. The lowest BCUT2D eigenvalue weighted by Crippen LogP contribution is -2.18. The quantitative estimate of drug-likeness (QED) is 0.557. The molecule has 1 atom stereocenters. The predicted octanol–water partition coefficient (Wildman–Crippen LogP) is 3.94. The van der Waals surface area contributed by atoms with E-state index in [2.05, 4.69) is 67.1 Å². The van der Waals surface area contributed by atoms with Gasteiger partial charge in [0.25, 0.3) is 0 Å². The summed E-state index contributed by atoms with van der Waals surface area (Å²) < 4.78 is -1.43. The molecular formula is C10H14IPS. The van der Waals surface area contributed by atoms with Crippen molar-refractivity contribution in [1.82, 2.24) is 0 Å². The van der Waals surface area contributed by atoms with Crippen molar-refractivity contribution in [2.75, 3.05) is 0 Å². The van der Waals surface area contributed by atoms with Crippen molar-refractivity contribution in [3.63, 3.8) is 0 Å². The van der Waals surface area contributed by atoms with Gasteiger partial charge in [-0.1, -0.05) is 62.9 Å². The van der Waals surface area contributed by atoms with Crippen molar-refractivity contribution in [1.29, 1.82) is 0 Å². The first kappa shape index (κ1) is 11.7. The van der Waals surface area contributed by atoms with Gasteiger partial charge >= 0.3 is 0 Å². The van der Waals surface area contributed by atoms with Crippen molar-refractivity contribution in [3.05, 3.63) is 30.3 Å². The number of hydrogen-bond donors (Lipinski definition) is 0. The first-order valence-corrected chi connectivity index (χ1v) is 9.80. The van der Waals surface area contributed by atoms with E-state index in [1.54, 1.807) is 0 Å². The molecule has 0 amide bonds. The van der Waals surface area contributed by atoms with Crippen LogP contribution in [0, 0.1) is 0 Å². The summed E-state index contributed by atoms with van der Waals surface area (Å²) in [7, 11) is 0. The van der Waals surface area contributed by atoms with Crippen LogP contribution < -0.4 is 5.30 Å². The van der Waals surface area contributed by atoms with Crippen molar-refractivity contribution in [2.24, 2.45) is 0 Å². The predicted molar refractivity (Wildman–Crippen MR) is 74.1 cm³/mol. The Balaban J connectivity index is 3.17.